The molecule has 0 bridgehead atoms. The predicted molar refractivity (Wildman–Crippen MR) is 169 cm³/mol. The minimum Gasteiger partial charge on any atom is -0.475 e. The minimum absolute atomic E-state index is 0.0229. The van der Waals surface area contributed by atoms with Gasteiger partial charge in [-0.15, -0.1) is 0 Å². The zero-order chi connectivity index (χ0) is 34.3. The first kappa shape index (κ1) is 35.0. The summed E-state index contributed by atoms with van der Waals surface area (Å²) in [5, 5.41) is 22.3. The second-order valence-electron chi connectivity index (χ2n) is 12.4. The second-order valence-corrected chi connectivity index (χ2v) is 12.4. The van der Waals surface area contributed by atoms with E-state index in [0.29, 0.717) is 44.8 Å². The third kappa shape index (κ3) is 8.60. The summed E-state index contributed by atoms with van der Waals surface area (Å²) in [6.07, 6.45) is 0.0353. The smallest absolute Gasteiger partial charge is 0.475 e. The number of hydrogen-bond acceptors (Lipinski definition) is 7. The number of carbonyl (C=O) groups is 3. The first-order valence-corrected chi connectivity index (χ1v) is 16.0. The van der Waals surface area contributed by atoms with Crippen LogP contribution in [0.15, 0.2) is 67.0 Å². The molecule has 14 heteroatoms. The number of halogens is 3. The lowest BCUT2D eigenvalue weighted by atomic mass is 9.81. The Labute approximate surface area is 276 Å². The summed E-state index contributed by atoms with van der Waals surface area (Å²) in [6.45, 7) is 3.76. The van der Waals surface area contributed by atoms with Crippen LogP contribution in [0.2, 0.25) is 0 Å². The fraction of sp³-hybridized carbons (Fsp3) is 0.471. The second kappa shape index (κ2) is 15.3. The number of morpholine rings is 1. The maximum absolute atomic E-state index is 14.1. The molecule has 11 nitrogen and oxygen atoms in total. The SMILES string of the molecule is O=C(O)C(F)(F)F.O=C1COCCN1C1CCC(O)(Cn2cnc(C(=O)N3CCNC[C@H]3Cc3ccccc3)c2-c2ccccc2)CC1. The summed E-state index contributed by atoms with van der Waals surface area (Å²) in [7, 11) is 0. The quantitative estimate of drug-likeness (QED) is 0.348. The average Bonchev–Trinajstić information content (AvgIpc) is 3.49. The van der Waals surface area contributed by atoms with E-state index < -0.39 is 17.7 Å². The van der Waals surface area contributed by atoms with Crippen LogP contribution in [0.1, 0.15) is 41.7 Å². The monoisotopic (exact) mass is 671 g/mol. The molecular weight excluding hydrogens is 631 g/mol. The van der Waals surface area contributed by atoms with Gasteiger partial charge >= 0.3 is 12.1 Å². The Morgan fingerprint density at radius 1 is 1.02 bits per heavy atom. The van der Waals surface area contributed by atoms with Crippen molar-refractivity contribution in [2.45, 2.75) is 62.5 Å². The van der Waals surface area contributed by atoms with Crippen LogP contribution in [0.4, 0.5) is 13.2 Å². The molecule has 1 aliphatic carbocycles. The van der Waals surface area contributed by atoms with Crippen molar-refractivity contribution < 1.29 is 42.5 Å². The molecule has 3 aromatic rings. The summed E-state index contributed by atoms with van der Waals surface area (Å²) >= 11 is 0. The van der Waals surface area contributed by atoms with Crippen LogP contribution in [0.25, 0.3) is 11.3 Å². The van der Waals surface area contributed by atoms with E-state index in [0.717, 1.165) is 43.6 Å². The third-order valence-corrected chi connectivity index (χ3v) is 9.07. The van der Waals surface area contributed by atoms with E-state index in [-0.39, 0.29) is 30.5 Å². The maximum atomic E-state index is 14.1. The fourth-order valence-corrected chi connectivity index (χ4v) is 6.63. The lowest BCUT2D eigenvalue weighted by molar-refractivity contribution is -0.192. The topological polar surface area (TPSA) is 137 Å². The van der Waals surface area contributed by atoms with Gasteiger partial charge in [0.05, 0.1) is 30.8 Å². The summed E-state index contributed by atoms with van der Waals surface area (Å²) in [5.41, 5.74) is 2.32. The van der Waals surface area contributed by atoms with E-state index in [1.807, 2.05) is 62.9 Å². The van der Waals surface area contributed by atoms with Crippen LogP contribution >= 0.6 is 0 Å². The molecular formula is C34H40F3N5O6. The number of benzene rings is 2. The molecule has 2 amide bonds. The first-order valence-electron chi connectivity index (χ1n) is 16.0. The fourth-order valence-electron chi connectivity index (χ4n) is 6.63. The Balaban J connectivity index is 0.000000582. The van der Waals surface area contributed by atoms with E-state index in [4.69, 9.17) is 14.6 Å². The number of carboxylic acids is 1. The Bertz CT molecular complexity index is 1540. The van der Waals surface area contributed by atoms with Gasteiger partial charge in [-0.2, -0.15) is 13.2 Å². The number of carboxylic acid groups (broad SMARTS) is 1. The molecule has 0 radical (unpaired) electrons. The van der Waals surface area contributed by atoms with Crippen molar-refractivity contribution in [3.05, 3.63) is 78.2 Å². The average molecular weight is 672 g/mol. The van der Waals surface area contributed by atoms with Crippen molar-refractivity contribution >= 4 is 17.8 Å². The molecule has 48 heavy (non-hydrogen) atoms. The minimum atomic E-state index is -5.08. The molecule has 1 aromatic heterocycles. The number of amides is 2. The van der Waals surface area contributed by atoms with Crippen molar-refractivity contribution in [2.75, 3.05) is 39.4 Å². The Morgan fingerprint density at radius 3 is 2.29 bits per heavy atom. The standard InChI is InChI=1S/C32H39N5O4.C2HF3O2/c38-28-21-41-18-17-36(28)26-11-13-32(40,14-12-26)22-35-23-34-29(30(35)25-9-5-2-6-10-25)31(39)37-16-15-33-20-27(37)19-24-7-3-1-4-8-24;3-2(4,5)1(6)7/h1-10,23,26-27,33,40H,11-22H2;(H,6,7)/t26?,27-,32?;/m1./s1. The number of carbonyl (C=O) groups excluding carboxylic acids is 2. The maximum Gasteiger partial charge on any atom is 0.490 e. The van der Waals surface area contributed by atoms with Gasteiger partial charge in [-0.25, -0.2) is 9.78 Å². The van der Waals surface area contributed by atoms with Crippen LogP contribution in [-0.2, 0) is 27.3 Å². The zero-order valence-electron chi connectivity index (χ0n) is 26.4. The molecule has 0 unspecified atom stereocenters. The highest BCUT2D eigenvalue weighted by atomic mass is 19.4. The van der Waals surface area contributed by atoms with E-state index in [9.17, 15) is 27.9 Å². The largest absolute Gasteiger partial charge is 0.490 e. The number of nitrogens with zero attached hydrogens (tertiary/aromatic N) is 4. The van der Waals surface area contributed by atoms with E-state index in [2.05, 4.69) is 22.4 Å². The Kier molecular flexibility index (Phi) is 11.2. The Morgan fingerprint density at radius 2 is 1.67 bits per heavy atom. The van der Waals surface area contributed by atoms with Crippen LogP contribution in [0, 0.1) is 0 Å². The molecule has 1 atom stereocenters. The summed E-state index contributed by atoms with van der Waals surface area (Å²) < 4.78 is 39.0. The van der Waals surface area contributed by atoms with Gasteiger partial charge in [0.2, 0.25) is 5.91 Å². The van der Waals surface area contributed by atoms with Gasteiger partial charge in [-0.05, 0) is 37.7 Å². The van der Waals surface area contributed by atoms with Crippen molar-refractivity contribution in [1.29, 1.82) is 0 Å². The van der Waals surface area contributed by atoms with Crippen LogP contribution in [-0.4, -0.2) is 111 Å². The van der Waals surface area contributed by atoms with Crippen LogP contribution < -0.4 is 5.32 Å². The highest BCUT2D eigenvalue weighted by molar-refractivity contribution is 5.98. The molecule has 3 N–H and O–H groups in total. The number of rotatable bonds is 7. The number of aliphatic carboxylic acids is 1. The normalized spacial score (nSPS) is 23.3. The number of ether oxygens (including phenoxy) is 1. The van der Waals surface area contributed by atoms with Gasteiger partial charge < -0.3 is 34.6 Å². The number of imidazole rings is 1. The molecule has 3 fully saturated rings. The van der Waals surface area contributed by atoms with Gasteiger partial charge in [0.15, 0.2) is 5.69 Å². The number of nitrogens with one attached hydrogen (secondary N) is 1. The van der Waals surface area contributed by atoms with Gasteiger partial charge in [0.1, 0.15) is 6.61 Å². The van der Waals surface area contributed by atoms with Crippen molar-refractivity contribution in [3.63, 3.8) is 0 Å². The van der Waals surface area contributed by atoms with Crippen LogP contribution in [0.5, 0.6) is 0 Å². The van der Waals surface area contributed by atoms with Crippen molar-refractivity contribution in [1.82, 2.24) is 24.7 Å². The molecule has 2 saturated heterocycles. The number of aliphatic hydroxyl groups is 1. The molecule has 6 rings (SSSR count). The molecule has 258 valence electrons. The Hall–Kier alpha value is -4.27. The summed E-state index contributed by atoms with van der Waals surface area (Å²) in [6, 6.07) is 20.3. The molecule has 3 aliphatic rings. The number of alkyl halides is 3. The van der Waals surface area contributed by atoms with Gasteiger partial charge in [0.25, 0.3) is 5.91 Å². The number of piperazine rings is 1. The van der Waals surface area contributed by atoms with Crippen LogP contribution in [0.3, 0.4) is 0 Å². The van der Waals surface area contributed by atoms with Crippen molar-refractivity contribution in [2.24, 2.45) is 0 Å². The number of aromatic nitrogens is 2. The van der Waals surface area contributed by atoms with Crippen molar-refractivity contribution in [3.8, 4) is 11.3 Å². The highest BCUT2D eigenvalue weighted by Gasteiger charge is 2.40. The summed E-state index contributed by atoms with van der Waals surface area (Å²) in [4.78, 5) is 44.0. The lowest BCUT2D eigenvalue weighted by Gasteiger charge is -2.42. The highest BCUT2D eigenvalue weighted by Crippen LogP contribution is 2.35. The molecule has 0 spiro atoms. The van der Waals surface area contributed by atoms with E-state index in [1.54, 1.807) is 6.33 Å². The molecule has 3 heterocycles. The lowest BCUT2D eigenvalue weighted by Crippen LogP contribution is -2.54. The zero-order valence-corrected chi connectivity index (χ0v) is 26.4. The van der Waals surface area contributed by atoms with Gasteiger partial charge in [-0.1, -0.05) is 60.7 Å². The van der Waals surface area contributed by atoms with E-state index in [1.165, 1.54) is 5.56 Å². The molecule has 2 aliphatic heterocycles. The first-order chi connectivity index (χ1) is 22.9. The predicted octanol–water partition coefficient (Wildman–Crippen LogP) is 3.37. The van der Waals surface area contributed by atoms with Gasteiger partial charge in [0, 0.05) is 43.8 Å². The van der Waals surface area contributed by atoms with E-state index >= 15 is 0 Å². The number of hydrogen-bond donors (Lipinski definition) is 3. The van der Waals surface area contributed by atoms with Gasteiger partial charge in [-0.3, -0.25) is 9.59 Å². The molecule has 1 saturated carbocycles. The summed E-state index contributed by atoms with van der Waals surface area (Å²) in [5.74, 6) is -2.80. The third-order valence-electron chi connectivity index (χ3n) is 9.07. The molecule has 2 aromatic carbocycles.